The van der Waals surface area contributed by atoms with Gasteiger partial charge in [-0.05, 0) is 35.8 Å². The first-order chi connectivity index (χ1) is 14.5. The van der Waals surface area contributed by atoms with E-state index < -0.39 is 11.9 Å². The predicted octanol–water partition coefficient (Wildman–Crippen LogP) is 2.99. The number of nitrogens with one attached hydrogen (secondary N) is 1. The zero-order valence-corrected chi connectivity index (χ0v) is 17.0. The first-order valence-electron chi connectivity index (χ1n) is 9.58. The molecule has 0 bridgehead atoms. The Morgan fingerprint density at radius 2 is 1.60 bits per heavy atom. The Morgan fingerprint density at radius 3 is 2.13 bits per heavy atom. The molecule has 1 N–H and O–H groups in total. The average molecular weight is 408 g/mol. The van der Waals surface area contributed by atoms with Gasteiger partial charge in [0.25, 0.3) is 0 Å². The normalized spacial score (nSPS) is 13.9. The van der Waals surface area contributed by atoms with Gasteiger partial charge in [-0.1, -0.05) is 36.4 Å². The number of nitrogens with zero attached hydrogens (tertiary/aromatic N) is 1. The van der Waals surface area contributed by atoms with Gasteiger partial charge < -0.3 is 14.8 Å². The van der Waals surface area contributed by atoms with Crippen molar-refractivity contribution in [1.82, 2.24) is 4.90 Å². The molecule has 0 aliphatic carbocycles. The van der Waals surface area contributed by atoms with E-state index in [9.17, 15) is 14.4 Å². The van der Waals surface area contributed by atoms with E-state index in [0.29, 0.717) is 12.2 Å². The molecule has 3 rings (SSSR count). The molecule has 0 unspecified atom stereocenters. The van der Waals surface area contributed by atoms with Crippen LogP contribution in [-0.4, -0.2) is 56.6 Å². The number of carbonyl (C=O) groups excluding carboxylic acids is 3. The molecule has 0 spiro atoms. The number of esters is 2. The number of hydrogen-bond donors (Lipinski definition) is 1. The molecular weight excluding hydrogens is 384 g/mol. The largest absolute Gasteiger partial charge is 0.465 e. The van der Waals surface area contributed by atoms with Gasteiger partial charge >= 0.3 is 11.9 Å². The number of benzene rings is 2. The van der Waals surface area contributed by atoms with Crippen LogP contribution < -0.4 is 5.32 Å². The molecule has 2 aromatic rings. The lowest BCUT2D eigenvalue weighted by Gasteiger charge is -2.26. The van der Waals surface area contributed by atoms with Gasteiger partial charge in [0.05, 0.1) is 31.9 Å². The zero-order valence-electron chi connectivity index (χ0n) is 17.0. The van der Waals surface area contributed by atoms with Crippen LogP contribution in [0.4, 0.5) is 5.69 Å². The minimum atomic E-state index is -0.606. The Balaban J connectivity index is 1.65. The van der Waals surface area contributed by atoms with Crippen LogP contribution in [0, 0.1) is 0 Å². The van der Waals surface area contributed by atoms with Crippen molar-refractivity contribution >= 4 is 29.1 Å². The monoisotopic (exact) mass is 408 g/mol. The van der Waals surface area contributed by atoms with Gasteiger partial charge in [-0.2, -0.15) is 0 Å². The number of methoxy groups -OCH3 is 2. The quantitative estimate of drug-likeness (QED) is 0.740. The predicted molar refractivity (Wildman–Crippen MR) is 113 cm³/mol. The fourth-order valence-corrected chi connectivity index (χ4v) is 3.34. The van der Waals surface area contributed by atoms with Crippen LogP contribution in [0.5, 0.6) is 0 Å². The van der Waals surface area contributed by atoms with Crippen molar-refractivity contribution in [3.8, 4) is 0 Å². The SMILES string of the molecule is COC(=O)c1cc(NC(=O)CN2CC=C(c3ccccc3)CC2)cc(C(=O)OC)c1. The molecule has 1 aliphatic heterocycles. The fraction of sp³-hybridized carbons (Fsp3) is 0.261. The molecule has 2 aromatic carbocycles. The van der Waals surface area contributed by atoms with Crippen LogP contribution in [0.3, 0.4) is 0 Å². The molecule has 156 valence electrons. The third kappa shape index (κ3) is 5.33. The van der Waals surface area contributed by atoms with Crippen LogP contribution in [0.1, 0.15) is 32.7 Å². The summed E-state index contributed by atoms with van der Waals surface area (Å²) in [5.41, 5.74) is 3.13. The number of ether oxygens (including phenoxy) is 2. The lowest BCUT2D eigenvalue weighted by Crippen LogP contribution is -2.36. The summed E-state index contributed by atoms with van der Waals surface area (Å²) in [5.74, 6) is -1.44. The third-order valence-electron chi connectivity index (χ3n) is 4.86. The summed E-state index contributed by atoms with van der Waals surface area (Å²) >= 11 is 0. The van der Waals surface area contributed by atoms with Gasteiger partial charge in [-0.3, -0.25) is 9.69 Å². The fourth-order valence-electron chi connectivity index (χ4n) is 3.34. The second-order valence-electron chi connectivity index (χ2n) is 6.91. The van der Waals surface area contributed by atoms with Crippen LogP contribution in [0.2, 0.25) is 0 Å². The van der Waals surface area contributed by atoms with Crippen LogP contribution >= 0.6 is 0 Å². The standard InChI is InChI=1S/C23H24N2O5/c1-29-22(27)18-12-19(23(28)30-2)14-20(13-18)24-21(26)15-25-10-8-17(9-11-25)16-6-4-3-5-7-16/h3-8,12-14H,9-11,15H2,1-2H3,(H,24,26). The highest BCUT2D eigenvalue weighted by Crippen LogP contribution is 2.22. The van der Waals surface area contributed by atoms with Crippen molar-refractivity contribution in [2.75, 3.05) is 39.2 Å². The number of carbonyl (C=O) groups is 3. The highest BCUT2D eigenvalue weighted by molar-refractivity contribution is 5.99. The molecule has 0 atom stereocenters. The minimum Gasteiger partial charge on any atom is -0.465 e. The van der Waals surface area contributed by atoms with E-state index in [1.54, 1.807) is 0 Å². The van der Waals surface area contributed by atoms with Crippen molar-refractivity contribution in [2.24, 2.45) is 0 Å². The van der Waals surface area contributed by atoms with Gasteiger partial charge in [0.1, 0.15) is 0 Å². The average Bonchev–Trinajstić information content (AvgIpc) is 2.78. The number of amides is 1. The minimum absolute atomic E-state index is 0.157. The molecule has 0 aromatic heterocycles. The molecule has 0 radical (unpaired) electrons. The summed E-state index contributed by atoms with van der Waals surface area (Å²) in [6.07, 6.45) is 3.00. The van der Waals surface area contributed by atoms with Crippen LogP contribution in [0.25, 0.3) is 5.57 Å². The maximum absolute atomic E-state index is 12.5. The summed E-state index contributed by atoms with van der Waals surface area (Å²) in [4.78, 5) is 38.3. The van der Waals surface area contributed by atoms with E-state index in [1.807, 2.05) is 23.1 Å². The lowest BCUT2D eigenvalue weighted by atomic mass is 10.00. The Morgan fingerprint density at radius 1 is 0.967 bits per heavy atom. The summed E-state index contributed by atoms with van der Waals surface area (Å²) < 4.78 is 9.43. The molecule has 0 saturated heterocycles. The maximum Gasteiger partial charge on any atom is 0.337 e. The molecule has 7 nitrogen and oxygen atoms in total. The molecule has 1 amide bonds. The van der Waals surface area contributed by atoms with Gasteiger partial charge in [-0.15, -0.1) is 0 Å². The van der Waals surface area contributed by atoms with Crippen molar-refractivity contribution in [3.63, 3.8) is 0 Å². The van der Waals surface area contributed by atoms with Gasteiger partial charge in [-0.25, -0.2) is 9.59 Å². The van der Waals surface area contributed by atoms with Crippen LogP contribution in [-0.2, 0) is 14.3 Å². The van der Waals surface area contributed by atoms with Gasteiger partial charge in [0.2, 0.25) is 5.91 Å². The highest BCUT2D eigenvalue weighted by Gasteiger charge is 2.18. The maximum atomic E-state index is 12.5. The second-order valence-corrected chi connectivity index (χ2v) is 6.91. The lowest BCUT2D eigenvalue weighted by molar-refractivity contribution is -0.117. The number of anilines is 1. The van der Waals surface area contributed by atoms with E-state index in [-0.39, 0.29) is 23.6 Å². The smallest absolute Gasteiger partial charge is 0.337 e. The van der Waals surface area contributed by atoms with E-state index in [0.717, 1.165) is 13.0 Å². The van der Waals surface area contributed by atoms with Gasteiger partial charge in [0, 0.05) is 18.8 Å². The third-order valence-corrected chi connectivity index (χ3v) is 4.86. The summed E-state index contributed by atoms with van der Waals surface area (Å²) in [6.45, 7) is 1.64. The first-order valence-corrected chi connectivity index (χ1v) is 9.58. The number of hydrogen-bond acceptors (Lipinski definition) is 6. The molecule has 7 heteroatoms. The van der Waals surface area contributed by atoms with Crippen molar-refractivity contribution in [3.05, 3.63) is 71.3 Å². The molecular formula is C23H24N2O5. The highest BCUT2D eigenvalue weighted by atomic mass is 16.5. The van der Waals surface area contributed by atoms with E-state index >= 15 is 0 Å². The number of rotatable bonds is 6. The van der Waals surface area contributed by atoms with Crippen molar-refractivity contribution in [1.29, 1.82) is 0 Å². The first kappa shape index (κ1) is 21.3. The molecule has 1 heterocycles. The Hall–Kier alpha value is -3.45. The summed E-state index contributed by atoms with van der Waals surface area (Å²) in [5, 5.41) is 2.75. The topological polar surface area (TPSA) is 84.9 Å². The summed E-state index contributed by atoms with van der Waals surface area (Å²) in [6, 6.07) is 14.5. The Bertz CT molecular complexity index is 935. The Labute approximate surface area is 175 Å². The van der Waals surface area contributed by atoms with Crippen LogP contribution in [0.15, 0.2) is 54.6 Å². The summed E-state index contributed by atoms with van der Waals surface area (Å²) in [7, 11) is 2.50. The van der Waals surface area contributed by atoms with E-state index in [1.165, 1.54) is 43.6 Å². The molecule has 1 aliphatic rings. The molecule has 0 saturated carbocycles. The molecule has 0 fully saturated rings. The molecule has 30 heavy (non-hydrogen) atoms. The van der Waals surface area contributed by atoms with Crippen molar-refractivity contribution < 1.29 is 23.9 Å². The Kier molecular flexibility index (Phi) is 6.98. The van der Waals surface area contributed by atoms with E-state index in [2.05, 4.69) is 23.5 Å². The van der Waals surface area contributed by atoms with Gasteiger partial charge in [0.15, 0.2) is 0 Å². The zero-order chi connectivity index (χ0) is 21.5. The van der Waals surface area contributed by atoms with Crippen molar-refractivity contribution in [2.45, 2.75) is 6.42 Å². The van der Waals surface area contributed by atoms with E-state index in [4.69, 9.17) is 9.47 Å². The second kappa shape index (κ2) is 9.84.